The molecule has 1 saturated heterocycles. The number of thiazole rings is 1. The monoisotopic (exact) mass is 480 g/mol. The lowest BCUT2D eigenvalue weighted by Gasteiger charge is -2.17. The van der Waals surface area contributed by atoms with E-state index >= 15 is 0 Å². The maximum atomic E-state index is 14.3. The van der Waals surface area contributed by atoms with E-state index in [2.05, 4.69) is 15.6 Å². The lowest BCUT2D eigenvalue weighted by Crippen LogP contribution is -2.28. The average molecular weight is 481 g/mol. The van der Waals surface area contributed by atoms with E-state index in [1.54, 1.807) is 19.1 Å². The van der Waals surface area contributed by atoms with Crippen LogP contribution in [0.2, 0.25) is 0 Å². The first-order valence-corrected chi connectivity index (χ1v) is 11.8. The summed E-state index contributed by atoms with van der Waals surface area (Å²) < 4.78 is 14.3. The standard InChI is InChI=1S/C25H25FN4O3S/c1-14-4-9-22(20(26)10-14)30-12-19(11-23(30)32)24(33)29-25-28-21(13-34-25)18-7-5-17(6-8-18)15(2)27-16(3)31/h4-10,13,15,19H,11-12H2,1-3H3,(H,27,31)(H,28,29,33). The van der Waals surface area contributed by atoms with E-state index in [1.807, 2.05) is 36.6 Å². The van der Waals surface area contributed by atoms with Crippen LogP contribution in [0.4, 0.5) is 15.2 Å². The van der Waals surface area contributed by atoms with Crippen molar-refractivity contribution in [3.05, 3.63) is 64.8 Å². The smallest absolute Gasteiger partial charge is 0.231 e. The van der Waals surface area contributed by atoms with Crippen molar-refractivity contribution in [3.63, 3.8) is 0 Å². The van der Waals surface area contributed by atoms with Gasteiger partial charge in [-0.05, 0) is 37.1 Å². The van der Waals surface area contributed by atoms with Crippen molar-refractivity contribution in [2.75, 3.05) is 16.8 Å². The molecule has 0 saturated carbocycles. The van der Waals surface area contributed by atoms with Crippen molar-refractivity contribution in [1.82, 2.24) is 10.3 Å². The average Bonchev–Trinajstić information content (AvgIpc) is 3.40. The van der Waals surface area contributed by atoms with Gasteiger partial charge in [0.15, 0.2) is 5.13 Å². The SMILES string of the molecule is CC(=O)NC(C)c1ccc(-c2csc(NC(=O)C3CC(=O)N(c4ccc(C)cc4F)C3)n2)cc1. The van der Waals surface area contributed by atoms with Gasteiger partial charge in [0.25, 0.3) is 0 Å². The van der Waals surface area contributed by atoms with Crippen LogP contribution in [0.5, 0.6) is 0 Å². The highest BCUT2D eigenvalue weighted by molar-refractivity contribution is 7.14. The van der Waals surface area contributed by atoms with Crippen LogP contribution in [0.15, 0.2) is 47.8 Å². The van der Waals surface area contributed by atoms with E-state index in [-0.39, 0.29) is 42.4 Å². The summed E-state index contributed by atoms with van der Waals surface area (Å²) in [5.74, 6) is -1.75. The Hall–Kier alpha value is -3.59. The van der Waals surface area contributed by atoms with E-state index < -0.39 is 11.7 Å². The lowest BCUT2D eigenvalue weighted by molar-refractivity contribution is -0.122. The normalized spacial score (nSPS) is 16.4. The highest BCUT2D eigenvalue weighted by Gasteiger charge is 2.36. The largest absolute Gasteiger partial charge is 0.350 e. The number of aryl methyl sites for hydroxylation is 1. The Balaban J connectivity index is 1.40. The van der Waals surface area contributed by atoms with Crippen LogP contribution in [0.25, 0.3) is 11.3 Å². The summed E-state index contributed by atoms with van der Waals surface area (Å²) in [7, 11) is 0. The minimum Gasteiger partial charge on any atom is -0.350 e. The molecule has 176 valence electrons. The predicted molar refractivity (Wildman–Crippen MR) is 130 cm³/mol. The van der Waals surface area contributed by atoms with Gasteiger partial charge < -0.3 is 15.5 Å². The zero-order valence-electron chi connectivity index (χ0n) is 19.1. The second kappa shape index (κ2) is 9.72. The first-order chi connectivity index (χ1) is 16.2. The second-order valence-corrected chi connectivity index (χ2v) is 9.29. The molecule has 3 aromatic rings. The summed E-state index contributed by atoms with van der Waals surface area (Å²) >= 11 is 1.29. The molecule has 7 nitrogen and oxygen atoms in total. The third-order valence-corrected chi connectivity index (χ3v) is 6.51. The number of nitrogens with zero attached hydrogens (tertiary/aromatic N) is 2. The van der Waals surface area contributed by atoms with E-state index in [1.165, 1.54) is 29.2 Å². The number of rotatable bonds is 6. The first kappa shape index (κ1) is 23.6. The van der Waals surface area contributed by atoms with Crippen molar-refractivity contribution < 1.29 is 18.8 Å². The van der Waals surface area contributed by atoms with Gasteiger partial charge in [0.05, 0.1) is 23.3 Å². The molecule has 4 rings (SSSR count). The van der Waals surface area contributed by atoms with Crippen LogP contribution < -0.4 is 15.5 Å². The Kier molecular flexibility index (Phi) is 6.74. The number of amides is 3. The van der Waals surface area contributed by atoms with Gasteiger partial charge in [-0.1, -0.05) is 30.3 Å². The van der Waals surface area contributed by atoms with Gasteiger partial charge in [-0.2, -0.15) is 0 Å². The molecule has 2 aromatic carbocycles. The lowest BCUT2D eigenvalue weighted by atomic mass is 10.1. The number of hydrogen-bond donors (Lipinski definition) is 2. The zero-order valence-corrected chi connectivity index (χ0v) is 19.9. The molecule has 0 bridgehead atoms. The Morgan fingerprint density at radius 1 is 1.21 bits per heavy atom. The van der Waals surface area contributed by atoms with Gasteiger partial charge in [-0.3, -0.25) is 14.4 Å². The predicted octanol–water partition coefficient (Wildman–Crippen LogP) is 4.45. The van der Waals surface area contributed by atoms with Gasteiger partial charge in [-0.15, -0.1) is 11.3 Å². The summed E-state index contributed by atoms with van der Waals surface area (Å²) in [5, 5.41) is 7.91. The summed E-state index contributed by atoms with van der Waals surface area (Å²) in [5.41, 5.74) is 3.53. The Morgan fingerprint density at radius 3 is 2.62 bits per heavy atom. The van der Waals surface area contributed by atoms with Crippen LogP contribution in [-0.4, -0.2) is 29.3 Å². The van der Waals surface area contributed by atoms with Crippen molar-refractivity contribution in [1.29, 1.82) is 0 Å². The maximum absolute atomic E-state index is 14.3. The minimum absolute atomic E-state index is 0.0192. The van der Waals surface area contributed by atoms with Crippen LogP contribution in [0.3, 0.4) is 0 Å². The Labute approximate surface area is 201 Å². The number of carbonyl (C=O) groups excluding carboxylic acids is 3. The molecular weight excluding hydrogens is 455 g/mol. The van der Waals surface area contributed by atoms with E-state index in [9.17, 15) is 18.8 Å². The fourth-order valence-corrected chi connectivity index (χ4v) is 4.67. The molecule has 1 aliphatic rings. The molecule has 1 aromatic heterocycles. The minimum atomic E-state index is -0.588. The number of carbonyl (C=O) groups is 3. The third-order valence-electron chi connectivity index (χ3n) is 5.75. The molecular formula is C25H25FN4O3S. The molecule has 34 heavy (non-hydrogen) atoms. The van der Waals surface area contributed by atoms with Crippen molar-refractivity contribution in [3.8, 4) is 11.3 Å². The molecule has 2 heterocycles. The summed E-state index contributed by atoms with van der Waals surface area (Å²) in [6.45, 7) is 5.29. The summed E-state index contributed by atoms with van der Waals surface area (Å²) in [6, 6.07) is 12.3. The van der Waals surface area contributed by atoms with E-state index in [0.29, 0.717) is 10.8 Å². The molecule has 2 atom stereocenters. The number of hydrogen-bond acceptors (Lipinski definition) is 5. The number of aromatic nitrogens is 1. The molecule has 2 unspecified atom stereocenters. The van der Waals surface area contributed by atoms with Crippen LogP contribution >= 0.6 is 11.3 Å². The molecule has 1 fully saturated rings. The van der Waals surface area contributed by atoms with Gasteiger partial charge in [-0.25, -0.2) is 9.37 Å². The second-order valence-electron chi connectivity index (χ2n) is 8.43. The van der Waals surface area contributed by atoms with Crippen molar-refractivity contribution >= 4 is 39.9 Å². The highest BCUT2D eigenvalue weighted by Crippen LogP contribution is 2.30. The van der Waals surface area contributed by atoms with Crippen LogP contribution in [-0.2, 0) is 14.4 Å². The van der Waals surface area contributed by atoms with Crippen molar-refractivity contribution in [2.45, 2.75) is 33.2 Å². The molecule has 0 spiro atoms. The molecule has 1 aliphatic heterocycles. The van der Waals surface area contributed by atoms with Gasteiger partial charge in [0.2, 0.25) is 17.7 Å². The molecule has 0 radical (unpaired) electrons. The molecule has 9 heteroatoms. The zero-order chi connectivity index (χ0) is 24.4. The van der Waals surface area contributed by atoms with Crippen molar-refractivity contribution in [2.24, 2.45) is 5.92 Å². The molecule has 0 aliphatic carbocycles. The number of anilines is 2. The third kappa shape index (κ3) is 5.14. The molecule has 2 N–H and O–H groups in total. The number of halogens is 1. The van der Waals surface area contributed by atoms with Crippen LogP contribution in [0, 0.1) is 18.7 Å². The van der Waals surface area contributed by atoms with Gasteiger partial charge >= 0.3 is 0 Å². The first-order valence-electron chi connectivity index (χ1n) is 10.9. The fourth-order valence-electron chi connectivity index (χ4n) is 3.95. The Morgan fingerprint density at radius 2 is 1.94 bits per heavy atom. The number of nitrogens with one attached hydrogen (secondary N) is 2. The van der Waals surface area contributed by atoms with Gasteiger partial charge in [0, 0.05) is 30.8 Å². The summed E-state index contributed by atoms with van der Waals surface area (Å²) in [6.07, 6.45) is 0.0192. The summed E-state index contributed by atoms with van der Waals surface area (Å²) in [4.78, 5) is 42.3. The number of benzene rings is 2. The maximum Gasteiger partial charge on any atom is 0.231 e. The van der Waals surface area contributed by atoms with E-state index in [0.717, 1.165) is 16.7 Å². The van der Waals surface area contributed by atoms with Gasteiger partial charge in [0.1, 0.15) is 5.82 Å². The Bertz CT molecular complexity index is 1240. The van der Waals surface area contributed by atoms with Crippen LogP contribution in [0.1, 0.15) is 37.4 Å². The fraction of sp³-hybridized carbons (Fsp3) is 0.280. The highest BCUT2D eigenvalue weighted by atomic mass is 32.1. The van der Waals surface area contributed by atoms with E-state index in [4.69, 9.17) is 0 Å². The molecule has 3 amide bonds. The quantitative estimate of drug-likeness (QED) is 0.546. The topological polar surface area (TPSA) is 91.4 Å².